The second-order valence-electron chi connectivity index (χ2n) is 7.23. The molecular weight excluding hydrogens is 322 g/mol. The van der Waals surface area contributed by atoms with Crippen molar-refractivity contribution in [1.82, 2.24) is 4.90 Å². The van der Waals surface area contributed by atoms with Crippen molar-refractivity contribution in [3.63, 3.8) is 0 Å². The summed E-state index contributed by atoms with van der Waals surface area (Å²) in [6, 6.07) is 0.0282. The molecule has 0 spiro atoms. The minimum atomic E-state index is -0.452. The van der Waals surface area contributed by atoms with E-state index in [9.17, 15) is 14.4 Å². The van der Waals surface area contributed by atoms with E-state index >= 15 is 0 Å². The van der Waals surface area contributed by atoms with E-state index in [1.54, 1.807) is 11.8 Å². The number of amides is 1. The van der Waals surface area contributed by atoms with E-state index in [-0.39, 0.29) is 36.9 Å². The number of carbonyl (C=O) groups excluding carboxylic acids is 3. The van der Waals surface area contributed by atoms with Crippen LogP contribution in [0.1, 0.15) is 64.7 Å². The molecule has 1 saturated carbocycles. The van der Waals surface area contributed by atoms with Crippen LogP contribution in [0.2, 0.25) is 0 Å². The van der Waals surface area contributed by atoms with Gasteiger partial charge in [0.15, 0.2) is 0 Å². The van der Waals surface area contributed by atoms with Crippen molar-refractivity contribution in [2.75, 3.05) is 20.3 Å². The second-order valence-corrected chi connectivity index (χ2v) is 7.23. The van der Waals surface area contributed by atoms with E-state index in [4.69, 9.17) is 9.47 Å². The van der Waals surface area contributed by atoms with Crippen molar-refractivity contribution in [1.29, 1.82) is 0 Å². The number of hydrogen-bond donors (Lipinski definition) is 0. The van der Waals surface area contributed by atoms with Crippen molar-refractivity contribution < 1.29 is 23.9 Å². The fraction of sp³-hybridized carbons (Fsp3) is 0.842. The number of methoxy groups -OCH3 is 1. The van der Waals surface area contributed by atoms with Crippen LogP contribution in [0, 0.1) is 11.8 Å². The Kier molecular flexibility index (Phi) is 7.72. The third-order valence-electron chi connectivity index (χ3n) is 5.53. The molecule has 0 bridgehead atoms. The molecule has 0 radical (unpaired) electrons. The molecule has 1 aliphatic heterocycles. The molecule has 1 saturated heterocycles. The highest BCUT2D eigenvalue weighted by Gasteiger charge is 2.37. The van der Waals surface area contributed by atoms with E-state index < -0.39 is 5.97 Å². The van der Waals surface area contributed by atoms with Gasteiger partial charge in [0.05, 0.1) is 13.7 Å². The van der Waals surface area contributed by atoms with E-state index in [0.29, 0.717) is 25.3 Å². The fourth-order valence-electron chi connectivity index (χ4n) is 4.23. The molecule has 1 amide bonds. The summed E-state index contributed by atoms with van der Waals surface area (Å²) in [5, 5.41) is 0. The number of ketones is 1. The lowest BCUT2D eigenvalue weighted by Crippen LogP contribution is -2.48. The van der Waals surface area contributed by atoms with Crippen molar-refractivity contribution in [2.45, 2.75) is 70.8 Å². The number of piperidine rings is 1. The monoisotopic (exact) mass is 353 g/mol. The lowest BCUT2D eigenvalue weighted by molar-refractivity contribution is -0.146. The van der Waals surface area contributed by atoms with Crippen LogP contribution in [0.3, 0.4) is 0 Å². The lowest BCUT2D eigenvalue weighted by atomic mass is 9.79. The maximum absolute atomic E-state index is 12.4. The average Bonchev–Trinajstić information content (AvgIpc) is 2.62. The van der Waals surface area contributed by atoms with Gasteiger partial charge in [-0.3, -0.25) is 9.59 Å². The molecule has 0 unspecified atom stereocenters. The predicted molar refractivity (Wildman–Crippen MR) is 93.1 cm³/mol. The van der Waals surface area contributed by atoms with Gasteiger partial charge in [-0.1, -0.05) is 32.1 Å². The molecule has 0 aromatic heterocycles. The number of likely N-dealkylation sites (tertiary alicyclic amines) is 1. The highest BCUT2D eigenvalue weighted by molar-refractivity contribution is 5.96. The van der Waals surface area contributed by atoms with Gasteiger partial charge >= 0.3 is 12.1 Å². The Labute approximate surface area is 150 Å². The Morgan fingerprint density at radius 1 is 1.08 bits per heavy atom. The Morgan fingerprint density at radius 2 is 1.80 bits per heavy atom. The van der Waals surface area contributed by atoms with Crippen LogP contribution in [-0.2, 0) is 19.1 Å². The standard InChI is InChI=1S/C19H31NO5/c1-3-25-18(22)13-17(21)15-9-10-20(19(23)24-2)16(12-15)11-14-7-5-4-6-8-14/h14-16H,3-13H2,1-2H3/t15-,16-/m0/s1. The summed E-state index contributed by atoms with van der Waals surface area (Å²) in [7, 11) is 1.40. The first-order valence-corrected chi connectivity index (χ1v) is 9.58. The van der Waals surface area contributed by atoms with E-state index in [1.165, 1.54) is 39.2 Å². The van der Waals surface area contributed by atoms with E-state index in [0.717, 1.165) is 6.42 Å². The van der Waals surface area contributed by atoms with Gasteiger partial charge in [-0.05, 0) is 32.1 Å². The highest BCUT2D eigenvalue weighted by Crippen LogP contribution is 2.34. The minimum absolute atomic E-state index is 0.0282. The van der Waals surface area contributed by atoms with Gasteiger partial charge in [-0.15, -0.1) is 0 Å². The molecule has 2 aliphatic rings. The van der Waals surface area contributed by atoms with Crippen LogP contribution in [0.4, 0.5) is 4.79 Å². The summed E-state index contributed by atoms with van der Waals surface area (Å²) in [5.41, 5.74) is 0. The van der Waals surface area contributed by atoms with E-state index in [1.807, 2.05) is 0 Å². The number of esters is 1. The molecular formula is C19H31NO5. The largest absolute Gasteiger partial charge is 0.466 e. The zero-order valence-corrected chi connectivity index (χ0v) is 15.5. The maximum Gasteiger partial charge on any atom is 0.409 e. The Bertz CT molecular complexity index is 472. The van der Waals surface area contributed by atoms with Crippen LogP contribution >= 0.6 is 0 Å². The molecule has 2 rings (SSSR count). The number of hydrogen-bond acceptors (Lipinski definition) is 5. The number of nitrogens with zero attached hydrogens (tertiary/aromatic N) is 1. The van der Waals surface area contributed by atoms with Gasteiger partial charge in [0.2, 0.25) is 0 Å². The first-order chi connectivity index (χ1) is 12.0. The molecule has 0 N–H and O–H groups in total. The summed E-state index contributed by atoms with van der Waals surface area (Å²) < 4.78 is 9.81. The minimum Gasteiger partial charge on any atom is -0.466 e. The normalized spacial score (nSPS) is 24.6. The zero-order valence-electron chi connectivity index (χ0n) is 15.5. The fourth-order valence-corrected chi connectivity index (χ4v) is 4.23. The molecule has 6 nitrogen and oxygen atoms in total. The van der Waals surface area contributed by atoms with Crippen LogP contribution in [-0.4, -0.2) is 49.0 Å². The summed E-state index contributed by atoms with van der Waals surface area (Å²) in [5.74, 6) is -0.0629. The number of rotatable bonds is 6. The third-order valence-corrected chi connectivity index (χ3v) is 5.53. The van der Waals surface area contributed by atoms with Crippen molar-refractivity contribution >= 4 is 17.8 Å². The molecule has 2 atom stereocenters. The van der Waals surface area contributed by atoms with Crippen LogP contribution in [0.15, 0.2) is 0 Å². The zero-order chi connectivity index (χ0) is 18.2. The van der Waals surface area contributed by atoms with Crippen molar-refractivity contribution in [2.24, 2.45) is 11.8 Å². The summed E-state index contributed by atoms with van der Waals surface area (Å²) in [6.07, 6.45) is 7.88. The first kappa shape index (κ1) is 19.7. The van der Waals surface area contributed by atoms with Gasteiger partial charge < -0.3 is 14.4 Å². The van der Waals surface area contributed by atoms with Gasteiger partial charge in [0.1, 0.15) is 12.2 Å². The average molecular weight is 353 g/mol. The van der Waals surface area contributed by atoms with E-state index in [2.05, 4.69) is 0 Å². The Balaban J connectivity index is 1.98. The quantitative estimate of drug-likeness (QED) is 0.541. The predicted octanol–water partition coefficient (Wildman–Crippen LogP) is 3.33. The molecule has 2 fully saturated rings. The summed E-state index contributed by atoms with van der Waals surface area (Å²) >= 11 is 0. The molecule has 0 aromatic carbocycles. The molecule has 142 valence electrons. The van der Waals surface area contributed by atoms with Gasteiger partial charge in [-0.25, -0.2) is 4.79 Å². The lowest BCUT2D eigenvalue weighted by Gasteiger charge is -2.40. The highest BCUT2D eigenvalue weighted by atomic mass is 16.5. The smallest absolute Gasteiger partial charge is 0.409 e. The van der Waals surface area contributed by atoms with Crippen LogP contribution in [0.25, 0.3) is 0 Å². The molecule has 0 aromatic rings. The molecule has 25 heavy (non-hydrogen) atoms. The Hall–Kier alpha value is -1.59. The van der Waals surface area contributed by atoms with Crippen LogP contribution < -0.4 is 0 Å². The topological polar surface area (TPSA) is 72.9 Å². The van der Waals surface area contributed by atoms with Gasteiger partial charge in [0.25, 0.3) is 0 Å². The maximum atomic E-state index is 12.4. The molecule has 1 heterocycles. The Morgan fingerprint density at radius 3 is 2.44 bits per heavy atom. The third kappa shape index (κ3) is 5.72. The van der Waals surface area contributed by atoms with Crippen molar-refractivity contribution in [3.05, 3.63) is 0 Å². The summed E-state index contributed by atoms with van der Waals surface area (Å²) in [6.45, 7) is 2.54. The SMILES string of the molecule is CCOC(=O)CC(=O)[C@H]1CCN(C(=O)OC)[C@@H](CC2CCCCC2)C1. The van der Waals surface area contributed by atoms with Crippen LogP contribution in [0.5, 0.6) is 0 Å². The molecule has 6 heteroatoms. The number of ether oxygens (including phenoxy) is 2. The number of Topliss-reactive ketones (excluding diaryl/α,β-unsaturated/α-hetero) is 1. The summed E-state index contributed by atoms with van der Waals surface area (Å²) in [4.78, 5) is 37.9. The van der Waals surface area contributed by atoms with Crippen molar-refractivity contribution in [3.8, 4) is 0 Å². The molecule has 1 aliphatic carbocycles. The number of carbonyl (C=O) groups is 3. The second kappa shape index (κ2) is 9.78. The first-order valence-electron chi connectivity index (χ1n) is 9.58. The van der Waals surface area contributed by atoms with Gasteiger partial charge in [0, 0.05) is 18.5 Å². The van der Waals surface area contributed by atoms with Gasteiger partial charge in [-0.2, -0.15) is 0 Å².